The number of nitrogens with one attached hydrogen (secondary N) is 1. The maximum absolute atomic E-state index is 12.3. The van der Waals surface area contributed by atoms with Crippen LogP contribution < -0.4 is 10.2 Å². The molecular formula is C17H22N4O2. The second-order valence-corrected chi connectivity index (χ2v) is 5.62. The van der Waals surface area contributed by atoms with Gasteiger partial charge in [0, 0.05) is 32.4 Å². The highest BCUT2D eigenvalue weighted by Gasteiger charge is 2.17. The number of amides is 1. The first-order chi connectivity index (χ1) is 11.3. The Morgan fingerprint density at radius 3 is 2.83 bits per heavy atom. The molecule has 3 heterocycles. The van der Waals surface area contributed by atoms with Crippen molar-refractivity contribution in [3.05, 3.63) is 48.2 Å². The predicted molar refractivity (Wildman–Crippen MR) is 88.4 cm³/mol. The van der Waals surface area contributed by atoms with E-state index in [0.29, 0.717) is 12.1 Å². The summed E-state index contributed by atoms with van der Waals surface area (Å²) in [6.45, 7) is 7.67. The lowest BCUT2D eigenvalue weighted by atomic mass is 10.2. The molecule has 0 radical (unpaired) electrons. The summed E-state index contributed by atoms with van der Waals surface area (Å²) in [7, 11) is 0. The summed E-state index contributed by atoms with van der Waals surface area (Å²) in [5.41, 5.74) is 1.58. The lowest BCUT2D eigenvalue weighted by Gasteiger charge is -2.35. The smallest absolute Gasteiger partial charge is 0.253 e. The Bertz CT molecular complexity index is 634. The molecule has 1 aliphatic heterocycles. The van der Waals surface area contributed by atoms with Crippen LogP contribution in [0.25, 0.3) is 0 Å². The lowest BCUT2D eigenvalue weighted by Crippen LogP contribution is -2.46. The van der Waals surface area contributed by atoms with E-state index in [1.807, 2.05) is 18.3 Å². The normalized spacial score (nSPS) is 15.6. The zero-order valence-corrected chi connectivity index (χ0v) is 13.4. The molecule has 1 fully saturated rings. The number of furan rings is 1. The van der Waals surface area contributed by atoms with Crippen LogP contribution in [0.15, 0.2) is 41.3 Å². The molecule has 3 rings (SSSR count). The maximum atomic E-state index is 12.3. The Labute approximate surface area is 136 Å². The number of carbonyl (C=O) groups excluding carboxylic acids is 1. The number of aromatic nitrogens is 1. The highest BCUT2D eigenvalue weighted by molar-refractivity contribution is 5.94. The molecule has 0 aromatic carbocycles. The molecule has 122 valence electrons. The number of nitrogens with zero attached hydrogens (tertiary/aromatic N) is 3. The quantitative estimate of drug-likeness (QED) is 0.911. The molecule has 0 unspecified atom stereocenters. The molecule has 6 heteroatoms. The molecule has 0 atom stereocenters. The number of rotatable bonds is 5. The van der Waals surface area contributed by atoms with Gasteiger partial charge in [0.1, 0.15) is 5.76 Å². The van der Waals surface area contributed by atoms with E-state index < -0.39 is 0 Å². The fourth-order valence-electron chi connectivity index (χ4n) is 2.73. The van der Waals surface area contributed by atoms with Gasteiger partial charge in [-0.05, 0) is 24.7 Å². The van der Waals surface area contributed by atoms with Gasteiger partial charge in [-0.15, -0.1) is 0 Å². The highest BCUT2D eigenvalue weighted by atomic mass is 16.3. The van der Waals surface area contributed by atoms with Gasteiger partial charge in [-0.25, -0.2) is 0 Å². The van der Waals surface area contributed by atoms with Gasteiger partial charge in [-0.2, -0.15) is 0 Å². The number of pyridine rings is 1. The number of likely N-dealkylation sites (N-methyl/N-ethyl adjacent to an activating group) is 1. The molecule has 1 amide bonds. The van der Waals surface area contributed by atoms with Crippen molar-refractivity contribution >= 4 is 11.6 Å². The second-order valence-electron chi connectivity index (χ2n) is 5.62. The Morgan fingerprint density at radius 1 is 1.30 bits per heavy atom. The molecule has 23 heavy (non-hydrogen) atoms. The van der Waals surface area contributed by atoms with Crippen molar-refractivity contribution in [2.45, 2.75) is 13.5 Å². The summed E-state index contributed by atoms with van der Waals surface area (Å²) in [6, 6.07) is 5.55. The largest absolute Gasteiger partial charge is 0.467 e. The van der Waals surface area contributed by atoms with Gasteiger partial charge >= 0.3 is 0 Å². The molecule has 0 saturated carbocycles. The van der Waals surface area contributed by atoms with Crippen molar-refractivity contribution in [2.75, 3.05) is 37.6 Å². The van der Waals surface area contributed by atoms with Crippen LogP contribution in [0, 0.1) is 0 Å². The Hall–Kier alpha value is -2.34. The molecule has 1 saturated heterocycles. The van der Waals surface area contributed by atoms with Gasteiger partial charge in [0.2, 0.25) is 0 Å². The number of piperazine rings is 1. The average Bonchev–Trinajstić information content (AvgIpc) is 3.13. The molecule has 0 bridgehead atoms. The van der Waals surface area contributed by atoms with Crippen molar-refractivity contribution in [3.63, 3.8) is 0 Å². The minimum Gasteiger partial charge on any atom is -0.467 e. The molecule has 0 aliphatic carbocycles. The van der Waals surface area contributed by atoms with Crippen LogP contribution >= 0.6 is 0 Å². The fourth-order valence-corrected chi connectivity index (χ4v) is 2.73. The Morgan fingerprint density at radius 2 is 2.13 bits per heavy atom. The van der Waals surface area contributed by atoms with E-state index in [1.54, 1.807) is 18.5 Å². The molecule has 1 aliphatic rings. The summed E-state index contributed by atoms with van der Waals surface area (Å²) in [4.78, 5) is 21.2. The van der Waals surface area contributed by atoms with Gasteiger partial charge in [-0.3, -0.25) is 9.78 Å². The zero-order chi connectivity index (χ0) is 16.1. The van der Waals surface area contributed by atoms with E-state index in [4.69, 9.17) is 4.42 Å². The van der Waals surface area contributed by atoms with E-state index in [2.05, 4.69) is 27.0 Å². The minimum absolute atomic E-state index is 0.136. The van der Waals surface area contributed by atoms with Gasteiger partial charge in [0.05, 0.1) is 30.3 Å². The van der Waals surface area contributed by atoms with Crippen LogP contribution in [-0.4, -0.2) is 48.5 Å². The topological polar surface area (TPSA) is 61.6 Å². The van der Waals surface area contributed by atoms with Crippen molar-refractivity contribution < 1.29 is 9.21 Å². The Kier molecular flexibility index (Phi) is 4.92. The molecule has 2 aromatic heterocycles. The number of hydrogen-bond acceptors (Lipinski definition) is 5. The minimum atomic E-state index is -0.136. The first-order valence-electron chi connectivity index (χ1n) is 7.99. The van der Waals surface area contributed by atoms with Crippen molar-refractivity contribution in [2.24, 2.45) is 0 Å². The molecule has 2 aromatic rings. The third kappa shape index (κ3) is 3.90. The van der Waals surface area contributed by atoms with Gasteiger partial charge in [0.15, 0.2) is 0 Å². The Balaban J connectivity index is 1.61. The van der Waals surface area contributed by atoms with Crippen LogP contribution in [0.2, 0.25) is 0 Å². The zero-order valence-electron chi connectivity index (χ0n) is 13.4. The summed E-state index contributed by atoms with van der Waals surface area (Å²) in [5.74, 6) is 0.598. The molecular weight excluding hydrogens is 292 g/mol. The summed E-state index contributed by atoms with van der Waals surface area (Å²) >= 11 is 0. The van der Waals surface area contributed by atoms with Crippen molar-refractivity contribution in [1.82, 2.24) is 15.2 Å². The first-order valence-corrected chi connectivity index (χ1v) is 7.99. The molecule has 6 nitrogen and oxygen atoms in total. The first kappa shape index (κ1) is 15.6. The molecule has 0 spiro atoms. The summed E-state index contributed by atoms with van der Waals surface area (Å²) in [5, 5.41) is 2.85. The van der Waals surface area contributed by atoms with Crippen LogP contribution in [0.5, 0.6) is 0 Å². The van der Waals surface area contributed by atoms with Crippen LogP contribution in [0.3, 0.4) is 0 Å². The van der Waals surface area contributed by atoms with Gasteiger partial charge < -0.3 is 19.5 Å². The van der Waals surface area contributed by atoms with Crippen molar-refractivity contribution in [1.29, 1.82) is 0 Å². The van der Waals surface area contributed by atoms with E-state index >= 15 is 0 Å². The third-order valence-electron chi connectivity index (χ3n) is 4.17. The summed E-state index contributed by atoms with van der Waals surface area (Å²) in [6.07, 6.45) is 5.02. The van der Waals surface area contributed by atoms with E-state index in [9.17, 15) is 4.79 Å². The lowest BCUT2D eigenvalue weighted by molar-refractivity contribution is 0.0947. The molecule has 1 N–H and O–H groups in total. The second kappa shape index (κ2) is 7.28. The predicted octanol–water partition coefficient (Wildman–Crippen LogP) is 1.75. The fraction of sp³-hybridized carbons (Fsp3) is 0.412. The average molecular weight is 314 g/mol. The SMILES string of the molecule is CCN1CCN(c2cncc(C(=O)NCc3ccco3)c2)CC1. The number of carbonyl (C=O) groups is 1. The van der Waals surface area contributed by atoms with E-state index in [1.165, 1.54) is 0 Å². The number of anilines is 1. The van der Waals surface area contributed by atoms with Crippen molar-refractivity contribution in [3.8, 4) is 0 Å². The van der Waals surface area contributed by atoms with Gasteiger partial charge in [0.25, 0.3) is 5.91 Å². The highest BCUT2D eigenvalue weighted by Crippen LogP contribution is 2.17. The summed E-state index contributed by atoms with van der Waals surface area (Å²) < 4.78 is 5.22. The maximum Gasteiger partial charge on any atom is 0.253 e. The van der Waals surface area contributed by atoms with Gasteiger partial charge in [-0.1, -0.05) is 6.92 Å². The standard InChI is InChI=1S/C17H22N4O2/c1-2-20-5-7-21(8-6-20)15-10-14(11-18-12-15)17(22)19-13-16-4-3-9-23-16/h3-4,9-12H,2,5-8,13H2,1H3,(H,19,22). The van der Waals surface area contributed by atoms with E-state index in [-0.39, 0.29) is 5.91 Å². The van der Waals surface area contributed by atoms with Crippen LogP contribution in [0.4, 0.5) is 5.69 Å². The van der Waals surface area contributed by atoms with E-state index in [0.717, 1.165) is 44.2 Å². The van der Waals surface area contributed by atoms with Crippen LogP contribution in [-0.2, 0) is 6.54 Å². The monoisotopic (exact) mass is 314 g/mol. The third-order valence-corrected chi connectivity index (χ3v) is 4.17. The number of hydrogen-bond donors (Lipinski definition) is 1. The van der Waals surface area contributed by atoms with Crippen LogP contribution in [0.1, 0.15) is 23.0 Å².